The van der Waals surface area contributed by atoms with Gasteiger partial charge in [0.15, 0.2) is 0 Å². The number of hydrogen-bond donors (Lipinski definition) is 2. The Morgan fingerprint density at radius 3 is 2.75 bits per heavy atom. The van der Waals surface area contributed by atoms with Gasteiger partial charge in [-0.25, -0.2) is 4.98 Å². The minimum Gasteiger partial charge on any atom is -0.349 e. The summed E-state index contributed by atoms with van der Waals surface area (Å²) in [5.74, 6) is 1.02. The summed E-state index contributed by atoms with van der Waals surface area (Å²) in [5, 5.41) is 10.3. The predicted molar refractivity (Wildman–Crippen MR) is 82.5 cm³/mol. The van der Waals surface area contributed by atoms with Gasteiger partial charge in [-0.3, -0.25) is 9.89 Å². The van der Waals surface area contributed by atoms with Crippen LogP contribution >= 0.6 is 27.7 Å². The highest BCUT2D eigenvalue weighted by Gasteiger charge is 2.11. The molecule has 0 aliphatic carbocycles. The minimum atomic E-state index is -0.0344. The van der Waals surface area contributed by atoms with Crippen LogP contribution in [0.1, 0.15) is 24.4 Å². The van der Waals surface area contributed by atoms with Gasteiger partial charge in [-0.15, -0.1) is 5.10 Å². The molecule has 7 heteroatoms. The Bertz CT molecular complexity index is 584. The second-order valence-electron chi connectivity index (χ2n) is 4.33. The van der Waals surface area contributed by atoms with E-state index in [1.165, 1.54) is 11.8 Å². The molecule has 20 heavy (non-hydrogen) atoms. The van der Waals surface area contributed by atoms with Gasteiger partial charge < -0.3 is 5.32 Å². The number of nitrogens with zero attached hydrogens (tertiary/aromatic N) is 2. The first-order valence-electron chi connectivity index (χ1n) is 6.11. The molecule has 1 aromatic carbocycles. The quantitative estimate of drug-likeness (QED) is 0.810. The molecule has 2 N–H and O–H groups in total. The maximum absolute atomic E-state index is 11.9. The summed E-state index contributed by atoms with van der Waals surface area (Å²) in [4.78, 5) is 16.0. The number of nitrogens with one attached hydrogen (secondary N) is 2. The van der Waals surface area contributed by atoms with E-state index in [2.05, 4.69) is 36.4 Å². The Balaban J connectivity index is 1.83. The molecule has 1 unspecified atom stereocenters. The van der Waals surface area contributed by atoms with Gasteiger partial charge in [-0.1, -0.05) is 39.8 Å². The lowest BCUT2D eigenvalue weighted by atomic mass is 10.1. The monoisotopic (exact) mass is 354 g/mol. The van der Waals surface area contributed by atoms with E-state index in [1.807, 2.05) is 38.1 Å². The van der Waals surface area contributed by atoms with Gasteiger partial charge in [-0.2, -0.15) is 0 Å². The van der Waals surface area contributed by atoms with Gasteiger partial charge in [0.25, 0.3) is 0 Å². The standard InChI is InChI=1S/C13H15BrN4OS/c1-8(10-3-5-11(14)6-4-10)15-12(19)7-20-13-16-9(2)17-18-13/h3-6,8H,7H2,1-2H3,(H,15,19)(H,16,17,18). The number of amides is 1. The lowest BCUT2D eigenvalue weighted by molar-refractivity contribution is -0.119. The smallest absolute Gasteiger partial charge is 0.230 e. The van der Waals surface area contributed by atoms with Crippen LogP contribution in [0.2, 0.25) is 0 Å². The maximum Gasteiger partial charge on any atom is 0.230 e. The van der Waals surface area contributed by atoms with Gasteiger partial charge in [-0.05, 0) is 31.5 Å². The molecule has 2 aromatic rings. The second-order valence-corrected chi connectivity index (χ2v) is 6.19. The maximum atomic E-state index is 11.9. The molecule has 0 aliphatic rings. The topological polar surface area (TPSA) is 70.7 Å². The van der Waals surface area contributed by atoms with Crippen LogP contribution < -0.4 is 5.32 Å². The van der Waals surface area contributed by atoms with Crippen LogP contribution in [0.15, 0.2) is 33.9 Å². The number of thioether (sulfide) groups is 1. The number of aryl methyl sites for hydroxylation is 1. The molecule has 1 heterocycles. The fraction of sp³-hybridized carbons (Fsp3) is 0.308. The van der Waals surface area contributed by atoms with E-state index in [-0.39, 0.29) is 11.9 Å². The summed E-state index contributed by atoms with van der Waals surface area (Å²) in [6, 6.07) is 7.87. The number of aromatic amines is 1. The Kier molecular flexibility index (Phi) is 5.19. The summed E-state index contributed by atoms with van der Waals surface area (Å²) in [6.45, 7) is 3.79. The summed E-state index contributed by atoms with van der Waals surface area (Å²) < 4.78 is 1.02. The highest BCUT2D eigenvalue weighted by Crippen LogP contribution is 2.17. The van der Waals surface area contributed by atoms with Crippen LogP contribution in [0.25, 0.3) is 0 Å². The zero-order valence-corrected chi connectivity index (χ0v) is 13.6. The molecule has 1 amide bonds. The van der Waals surface area contributed by atoms with E-state index in [0.717, 1.165) is 15.9 Å². The first-order valence-corrected chi connectivity index (χ1v) is 7.89. The molecule has 5 nitrogen and oxygen atoms in total. The third kappa shape index (κ3) is 4.35. The van der Waals surface area contributed by atoms with Crippen molar-refractivity contribution in [2.45, 2.75) is 25.0 Å². The Labute approximate surface area is 130 Å². The molecule has 0 spiro atoms. The van der Waals surface area contributed by atoms with Gasteiger partial charge in [0.05, 0.1) is 11.8 Å². The third-order valence-corrected chi connectivity index (χ3v) is 4.03. The van der Waals surface area contributed by atoms with Crippen LogP contribution in [-0.2, 0) is 4.79 Å². The number of rotatable bonds is 5. The number of carbonyl (C=O) groups excluding carboxylic acids is 1. The molecule has 1 aromatic heterocycles. The summed E-state index contributed by atoms with van der Waals surface area (Å²) >= 11 is 4.71. The molecule has 0 bridgehead atoms. The van der Waals surface area contributed by atoms with Crippen LogP contribution in [-0.4, -0.2) is 26.8 Å². The van der Waals surface area contributed by atoms with Crippen molar-refractivity contribution in [3.8, 4) is 0 Å². The number of H-pyrrole nitrogens is 1. The highest BCUT2D eigenvalue weighted by molar-refractivity contribution is 9.10. The fourth-order valence-electron chi connectivity index (χ4n) is 1.63. The minimum absolute atomic E-state index is 0.0231. The number of hydrogen-bond acceptors (Lipinski definition) is 4. The van der Waals surface area contributed by atoms with Crippen molar-refractivity contribution in [1.82, 2.24) is 20.5 Å². The van der Waals surface area contributed by atoms with E-state index in [1.54, 1.807) is 0 Å². The Hall–Kier alpha value is -1.34. The molecular weight excluding hydrogens is 340 g/mol. The molecule has 0 fully saturated rings. The SMILES string of the molecule is Cc1nc(SCC(=O)NC(C)c2ccc(Br)cc2)n[nH]1. The van der Waals surface area contributed by atoms with Crippen molar-refractivity contribution < 1.29 is 4.79 Å². The molecular formula is C13H15BrN4OS. The lowest BCUT2D eigenvalue weighted by Crippen LogP contribution is -2.28. The van der Waals surface area contributed by atoms with E-state index in [9.17, 15) is 4.79 Å². The van der Waals surface area contributed by atoms with Crippen molar-refractivity contribution in [3.63, 3.8) is 0 Å². The van der Waals surface area contributed by atoms with E-state index >= 15 is 0 Å². The number of benzene rings is 1. The fourth-order valence-corrected chi connectivity index (χ4v) is 2.55. The van der Waals surface area contributed by atoms with Crippen LogP contribution in [0, 0.1) is 6.92 Å². The molecule has 0 aliphatic heterocycles. The van der Waals surface area contributed by atoms with Crippen molar-refractivity contribution >= 4 is 33.6 Å². The van der Waals surface area contributed by atoms with Crippen LogP contribution in [0.3, 0.4) is 0 Å². The Morgan fingerprint density at radius 2 is 2.15 bits per heavy atom. The van der Waals surface area contributed by atoms with Gasteiger partial charge in [0.2, 0.25) is 11.1 Å². The van der Waals surface area contributed by atoms with Crippen molar-refractivity contribution in [2.75, 3.05) is 5.75 Å². The molecule has 106 valence electrons. The van der Waals surface area contributed by atoms with Gasteiger partial charge in [0.1, 0.15) is 5.82 Å². The number of aromatic nitrogens is 3. The largest absolute Gasteiger partial charge is 0.349 e. The van der Waals surface area contributed by atoms with Gasteiger partial charge >= 0.3 is 0 Å². The zero-order chi connectivity index (χ0) is 14.5. The summed E-state index contributed by atoms with van der Waals surface area (Å²) in [5.41, 5.74) is 1.07. The van der Waals surface area contributed by atoms with Crippen molar-refractivity contribution in [3.05, 3.63) is 40.1 Å². The average molecular weight is 355 g/mol. The van der Waals surface area contributed by atoms with Crippen LogP contribution in [0.4, 0.5) is 0 Å². The van der Waals surface area contributed by atoms with Crippen molar-refractivity contribution in [2.24, 2.45) is 0 Å². The lowest BCUT2D eigenvalue weighted by Gasteiger charge is -2.14. The number of halogens is 1. The summed E-state index contributed by atoms with van der Waals surface area (Å²) in [7, 11) is 0. The van der Waals surface area contributed by atoms with Gasteiger partial charge in [0, 0.05) is 4.47 Å². The van der Waals surface area contributed by atoms with E-state index < -0.39 is 0 Å². The van der Waals surface area contributed by atoms with E-state index in [4.69, 9.17) is 0 Å². The zero-order valence-electron chi connectivity index (χ0n) is 11.2. The summed E-state index contributed by atoms with van der Waals surface area (Å²) in [6.07, 6.45) is 0. The normalized spacial score (nSPS) is 12.2. The first kappa shape index (κ1) is 15.1. The van der Waals surface area contributed by atoms with Crippen LogP contribution in [0.5, 0.6) is 0 Å². The molecule has 0 radical (unpaired) electrons. The average Bonchev–Trinajstić information content (AvgIpc) is 2.83. The molecule has 0 saturated carbocycles. The predicted octanol–water partition coefficient (Wildman–Crippen LogP) is 2.85. The molecule has 0 saturated heterocycles. The third-order valence-electron chi connectivity index (χ3n) is 2.66. The highest BCUT2D eigenvalue weighted by atomic mass is 79.9. The first-order chi connectivity index (χ1) is 9.54. The van der Waals surface area contributed by atoms with E-state index in [0.29, 0.717) is 10.9 Å². The van der Waals surface area contributed by atoms with Crippen molar-refractivity contribution in [1.29, 1.82) is 0 Å². The molecule has 1 atom stereocenters. The molecule has 2 rings (SSSR count). The number of carbonyl (C=O) groups is 1. The second kappa shape index (κ2) is 6.90. The Morgan fingerprint density at radius 1 is 1.45 bits per heavy atom.